The second kappa shape index (κ2) is 6.09. The molecule has 9 heavy (non-hydrogen) atoms. The molecule has 0 bridgehead atoms. The summed E-state index contributed by atoms with van der Waals surface area (Å²) in [6, 6.07) is 0. The summed E-state index contributed by atoms with van der Waals surface area (Å²) in [6.07, 6.45) is 2.32. The first-order valence-electron chi connectivity index (χ1n) is 3.70. The topological polar surface area (TPSA) is 9.23 Å². The van der Waals surface area contributed by atoms with Crippen molar-refractivity contribution in [2.24, 2.45) is 0 Å². The molecule has 0 unspecified atom stereocenters. The van der Waals surface area contributed by atoms with Crippen LogP contribution in [0.4, 0.5) is 0 Å². The van der Waals surface area contributed by atoms with Crippen molar-refractivity contribution in [1.82, 2.24) is 0 Å². The molecule has 0 atom stereocenters. The molecule has 0 aromatic heterocycles. The molecule has 55 valence electrons. The van der Waals surface area contributed by atoms with Crippen LogP contribution in [0.2, 0.25) is 0 Å². The SMILES string of the molecule is CCOCC[C](C)CC. The highest BCUT2D eigenvalue weighted by atomic mass is 16.5. The molecule has 0 spiro atoms. The molecule has 1 heteroatoms. The largest absolute Gasteiger partial charge is 0.382 e. The third kappa shape index (κ3) is 5.84. The summed E-state index contributed by atoms with van der Waals surface area (Å²) in [5.74, 6) is 1.53. The van der Waals surface area contributed by atoms with Crippen molar-refractivity contribution in [1.29, 1.82) is 0 Å². The monoisotopic (exact) mass is 129 g/mol. The summed E-state index contributed by atoms with van der Waals surface area (Å²) in [5, 5.41) is 0. The minimum atomic E-state index is 0.844. The third-order valence-electron chi connectivity index (χ3n) is 1.48. The molecule has 0 aliphatic heterocycles. The first-order valence-corrected chi connectivity index (χ1v) is 3.70. The van der Waals surface area contributed by atoms with Crippen molar-refractivity contribution in [3.63, 3.8) is 0 Å². The van der Waals surface area contributed by atoms with E-state index in [9.17, 15) is 0 Å². The van der Waals surface area contributed by atoms with Gasteiger partial charge in [-0.3, -0.25) is 0 Å². The van der Waals surface area contributed by atoms with E-state index in [2.05, 4.69) is 13.8 Å². The van der Waals surface area contributed by atoms with Gasteiger partial charge in [-0.15, -0.1) is 0 Å². The Kier molecular flexibility index (Phi) is 6.06. The van der Waals surface area contributed by atoms with Crippen molar-refractivity contribution in [2.45, 2.75) is 33.6 Å². The van der Waals surface area contributed by atoms with Crippen LogP contribution in [0.15, 0.2) is 0 Å². The van der Waals surface area contributed by atoms with E-state index in [1.807, 2.05) is 6.92 Å². The molecule has 1 radical (unpaired) electrons. The molecular weight excluding hydrogens is 112 g/mol. The van der Waals surface area contributed by atoms with Crippen LogP contribution in [0.3, 0.4) is 0 Å². The summed E-state index contributed by atoms with van der Waals surface area (Å²) >= 11 is 0. The summed E-state index contributed by atoms with van der Waals surface area (Å²) < 4.78 is 5.19. The van der Waals surface area contributed by atoms with Gasteiger partial charge in [0.25, 0.3) is 0 Å². The number of hydrogen-bond donors (Lipinski definition) is 0. The molecule has 0 saturated carbocycles. The van der Waals surface area contributed by atoms with Crippen LogP contribution < -0.4 is 0 Å². The minimum Gasteiger partial charge on any atom is -0.382 e. The molecule has 0 aliphatic rings. The molecule has 1 nitrogen and oxygen atoms in total. The van der Waals surface area contributed by atoms with Gasteiger partial charge in [0.2, 0.25) is 0 Å². The molecule has 0 aromatic carbocycles. The lowest BCUT2D eigenvalue weighted by Crippen LogP contribution is -1.98. The Labute approximate surface area is 58.4 Å². The van der Waals surface area contributed by atoms with Gasteiger partial charge >= 0.3 is 0 Å². The molecule has 0 rings (SSSR count). The predicted molar refractivity (Wildman–Crippen MR) is 40.3 cm³/mol. The second-order valence-electron chi connectivity index (χ2n) is 2.26. The van der Waals surface area contributed by atoms with E-state index < -0.39 is 0 Å². The van der Waals surface area contributed by atoms with Gasteiger partial charge < -0.3 is 4.74 Å². The van der Waals surface area contributed by atoms with E-state index in [-0.39, 0.29) is 0 Å². The average Bonchev–Trinajstić information content (AvgIpc) is 1.89. The average molecular weight is 129 g/mol. The normalized spacial score (nSPS) is 10.7. The van der Waals surface area contributed by atoms with Crippen LogP contribution in [0, 0.1) is 5.92 Å². The number of hydrogen-bond acceptors (Lipinski definition) is 1. The van der Waals surface area contributed by atoms with Crippen molar-refractivity contribution in [3.05, 3.63) is 5.92 Å². The van der Waals surface area contributed by atoms with Crippen LogP contribution >= 0.6 is 0 Å². The van der Waals surface area contributed by atoms with Crippen molar-refractivity contribution < 1.29 is 4.74 Å². The molecular formula is C8H17O. The fourth-order valence-electron chi connectivity index (χ4n) is 0.568. The smallest absolute Gasteiger partial charge is 0.0471 e. The zero-order valence-corrected chi connectivity index (χ0v) is 6.74. The van der Waals surface area contributed by atoms with Gasteiger partial charge in [-0.2, -0.15) is 0 Å². The summed E-state index contributed by atoms with van der Waals surface area (Å²) in [4.78, 5) is 0. The lowest BCUT2D eigenvalue weighted by molar-refractivity contribution is 0.147. The standard InChI is InChI=1S/C8H17O/c1-4-8(3)6-7-9-5-2/h4-7H2,1-3H3. The van der Waals surface area contributed by atoms with E-state index >= 15 is 0 Å². The maximum absolute atomic E-state index is 5.19. The zero-order valence-electron chi connectivity index (χ0n) is 6.74. The van der Waals surface area contributed by atoms with Gasteiger partial charge in [-0.25, -0.2) is 0 Å². The van der Waals surface area contributed by atoms with Gasteiger partial charge in [-0.1, -0.05) is 20.3 Å². The Hall–Kier alpha value is -0.0400. The highest BCUT2D eigenvalue weighted by Gasteiger charge is 1.96. The Morgan fingerprint density at radius 3 is 2.44 bits per heavy atom. The van der Waals surface area contributed by atoms with Gasteiger partial charge in [0.15, 0.2) is 0 Å². The quantitative estimate of drug-likeness (QED) is 0.518. The van der Waals surface area contributed by atoms with Gasteiger partial charge in [0, 0.05) is 13.2 Å². The van der Waals surface area contributed by atoms with Crippen LogP contribution in [-0.2, 0) is 4.74 Å². The summed E-state index contributed by atoms with van der Waals surface area (Å²) in [7, 11) is 0. The van der Waals surface area contributed by atoms with E-state index in [0.717, 1.165) is 19.6 Å². The van der Waals surface area contributed by atoms with E-state index in [4.69, 9.17) is 4.74 Å². The lowest BCUT2D eigenvalue weighted by Gasteiger charge is -2.05. The van der Waals surface area contributed by atoms with Gasteiger partial charge in [0.1, 0.15) is 0 Å². The maximum atomic E-state index is 5.19. The van der Waals surface area contributed by atoms with Crippen molar-refractivity contribution >= 4 is 0 Å². The highest BCUT2D eigenvalue weighted by Crippen LogP contribution is 2.07. The van der Waals surface area contributed by atoms with Crippen LogP contribution in [0.25, 0.3) is 0 Å². The minimum absolute atomic E-state index is 0.844. The van der Waals surface area contributed by atoms with Crippen molar-refractivity contribution in [3.8, 4) is 0 Å². The van der Waals surface area contributed by atoms with Crippen LogP contribution in [0.5, 0.6) is 0 Å². The Morgan fingerprint density at radius 1 is 1.33 bits per heavy atom. The van der Waals surface area contributed by atoms with Crippen LogP contribution in [-0.4, -0.2) is 13.2 Å². The Bertz CT molecular complexity index is 52.5. The molecule has 0 saturated heterocycles. The van der Waals surface area contributed by atoms with E-state index in [1.165, 1.54) is 12.3 Å². The van der Waals surface area contributed by atoms with Crippen molar-refractivity contribution in [2.75, 3.05) is 13.2 Å². The van der Waals surface area contributed by atoms with E-state index in [1.54, 1.807) is 0 Å². The molecule has 0 aliphatic carbocycles. The lowest BCUT2D eigenvalue weighted by atomic mass is 10.1. The molecule has 0 N–H and O–H groups in total. The fraction of sp³-hybridized carbons (Fsp3) is 0.875. The molecule has 0 fully saturated rings. The first-order chi connectivity index (χ1) is 4.31. The number of rotatable bonds is 5. The summed E-state index contributed by atoms with van der Waals surface area (Å²) in [6.45, 7) is 8.13. The Morgan fingerprint density at radius 2 is 2.00 bits per heavy atom. The highest BCUT2D eigenvalue weighted by molar-refractivity contribution is 4.80. The summed E-state index contributed by atoms with van der Waals surface area (Å²) in [5.41, 5.74) is 0. The predicted octanol–water partition coefficient (Wildman–Crippen LogP) is 2.42. The maximum Gasteiger partial charge on any atom is 0.0471 e. The molecule has 0 heterocycles. The second-order valence-corrected chi connectivity index (χ2v) is 2.26. The molecule has 0 aromatic rings. The Balaban J connectivity index is 2.88. The van der Waals surface area contributed by atoms with E-state index in [0.29, 0.717) is 0 Å². The molecule has 0 amide bonds. The third-order valence-corrected chi connectivity index (χ3v) is 1.48. The van der Waals surface area contributed by atoms with Gasteiger partial charge in [-0.05, 0) is 19.3 Å². The zero-order chi connectivity index (χ0) is 7.11. The van der Waals surface area contributed by atoms with Gasteiger partial charge in [0.05, 0.1) is 0 Å². The first kappa shape index (κ1) is 8.96. The fourth-order valence-corrected chi connectivity index (χ4v) is 0.568. The van der Waals surface area contributed by atoms with Crippen LogP contribution in [0.1, 0.15) is 33.6 Å². The number of ether oxygens (including phenoxy) is 1.